The number of hydrogen-bond acceptors (Lipinski definition) is 5. The fourth-order valence-corrected chi connectivity index (χ4v) is 4.32. The summed E-state index contributed by atoms with van der Waals surface area (Å²) >= 11 is 1.47. The van der Waals surface area contributed by atoms with Crippen molar-refractivity contribution in [1.82, 2.24) is 15.1 Å². The van der Waals surface area contributed by atoms with Crippen LogP contribution in [0.15, 0.2) is 17.5 Å². The Morgan fingerprint density at radius 3 is 2.54 bits per heavy atom. The summed E-state index contributed by atoms with van der Waals surface area (Å²) < 4.78 is 5.41. The summed E-state index contributed by atoms with van der Waals surface area (Å²) in [5, 5.41) is 5.06. The van der Waals surface area contributed by atoms with Crippen molar-refractivity contribution in [2.24, 2.45) is 5.92 Å². The maximum Gasteiger partial charge on any atom is 0.263 e. The number of thiophene rings is 1. The van der Waals surface area contributed by atoms with E-state index in [1.165, 1.54) is 11.3 Å². The van der Waals surface area contributed by atoms with Crippen LogP contribution in [0.5, 0.6) is 0 Å². The zero-order valence-electron chi connectivity index (χ0n) is 15.7. The van der Waals surface area contributed by atoms with Crippen molar-refractivity contribution in [2.75, 3.05) is 45.9 Å². The summed E-state index contributed by atoms with van der Waals surface area (Å²) in [6, 6.07) is 3.76. The molecule has 26 heavy (non-hydrogen) atoms. The number of nitrogens with zero attached hydrogens (tertiary/aromatic N) is 2. The first-order chi connectivity index (χ1) is 12.5. The first kappa shape index (κ1) is 19.3. The smallest absolute Gasteiger partial charge is 0.263 e. The molecular weight excluding hydrogens is 350 g/mol. The first-order valence-electron chi connectivity index (χ1n) is 9.41. The Kier molecular flexibility index (Phi) is 6.32. The van der Waals surface area contributed by atoms with E-state index in [-0.39, 0.29) is 23.3 Å². The standard InChI is InChI=1S/C19H29N3O3S/c1-19(2,22-9-11-25-12-10-22)14-20-17(23)15-5-7-21(8-6-15)18(24)16-4-3-13-26-16/h3-4,13,15H,5-12,14H2,1-2H3,(H,20,23). The SMILES string of the molecule is CC(C)(CNC(=O)C1CCN(C(=O)c2cccs2)CC1)N1CCOCC1. The van der Waals surface area contributed by atoms with Gasteiger partial charge in [-0.3, -0.25) is 14.5 Å². The molecule has 0 saturated carbocycles. The molecule has 2 fully saturated rings. The fourth-order valence-electron chi connectivity index (χ4n) is 3.63. The van der Waals surface area contributed by atoms with Crippen molar-refractivity contribution in [3.63, 3.8) is 0 Å². The van der Waals surface area contributed by atoms with E-state index in [9.17, 15) is 9.59 Å². The van der Waals surface area contributed by atoms with Gasteiger partial charge in [-0.25, -0.2) is 0 Å². The number of carbonyl (C=O) groups is 2. The van der Waals surface area contributed by atoms with Gasteiger partial charge in [-0.1, -0.05) is 6.07 Å². The van der Waals surface area contributed by atoms with Crippen LogP contribution in [0.4, 0.5) is 0 Å². The highest BCUT2D eigenvalue weighted by atomic mass is 32.1. The van der Waals surface area contributed by atoms with Gasteiger partial charge in [0.2, 0.25) is 5.91 Å². The number of likely N-dealkylation sites (tertiary alicyclic amines) is 1. The van der Waals surface area contributed by atoms with Crippen LogP contribution in [0.3, 0.4) is 0 Å². The van der Waals surface area contributed by atoms with Crippen LogP contribution in [0.1, 0.15) is 36.4 Å². The van der Waals surface area contributed by atoms with Gasteiger partial charge in [-0.05, 0) is 38.1 Å². The molecule has 2 aliphatic rings. The Hall–Kier alpha value is -1.44. The van der Waals surface area contributed by atoms with E-state index in [0.29, 0.717) is 19.6 Å². The van der Waals surface area contributed by atoms with Crippen LogP contribution in [0.25, 0.3) is 0 Å². The molecule has 2 saturated heterocycles. The van der Waals surface area contributed by atoms with Gasteiger partial charge in [0.1, 0.15) is 0 Å². The molecule has 6 nitrogen and oxygen atoms in total. The van der Waals surface area contributed by atoms with Gasteiger partial charge in [-0.2, -0.15) is 0 Å². The number of rotatable bonds is 5. The summed E-state index contributed by atoms with van der Waals surface area (Å²) in [6.07, 6.45) is 1.47. The largest absolute Gasteiger partial charge is 0.379 e. The lowest BCUT2D eigenvalue weighted by molar-refractivity contribution is -0.127. The van der Waals surface area contributed by atoms with Gasteiger partial charge in [-0.15, -0.1) is 11.3 Å². The molecule has 1 N–H and O–H groups in total. The maximum atomic E-state index is 12.6. The van der Waals surface area contributed by atoms with E-state index >= 15 is 0 Å². The number of hydrogen-bond donors (Lipinski definition) is 1. The fraction of sp³-hybridized carbons (Fsp3) is 0.684. The van der Waals surface area contributed by atoms with E-state index in [1.807, 2.05) is 22.4 Å². The topological polar surface area (TPSA) is 61.9 Å². The third-order valence-electron chi connectivity index (χ3n) is 5.45. The molecule has 0 unspecified atom stereocenters. The summed E-state index contributed by atoms with van der Waals surface area (Å²) in [5.41, 5.74) is -0.0741. The highest BCUT2D eigenvalue weighted by Gasteiger charge is 2.31. The van der Waals surface area contributed by atoms with Gasteiger partial charge < -0.3 is 15.0 Å². The van der Waals surface area contributed by atoms with E-state index in [4.69, 9.17) is 4.74 Å². The van der Waals surface area contributed by atoms with E-state index in [2.05, 4.69) is 24.1 Å². The second-order valence-electron chi connectivity index (χ2n) is 7.67. The zero-order valence-corrected chi connectivity index (χ0v) is 16.5. The Balaban J connectivity index is 1.44. The predicted octanol–water partition coefficient (Wildman–Crippen LogP) is 1.83. The molecule has 3 rings (SSSR count). The number of nitrogens with one attached hydrogen (secondary N) is 1. The molecule has 1 aromatic heterocycles. The molecule has 7 heteroatoms. The van der Waals surface area contributed by atoms with Gasteiger partial charge in [0.25, 0.3) is 5.91 Å². The Morgan fingerprint density at radius 1 is 1.23 bits per heavy atom. The van der Waals surface area contributed by atoms with Crippen LogP contribution >= 0.6 is 11.3 Å². The molecule has 2 aliphatic heterocycles. The van der Waals surface area contributed by atoms with Crippen LogP contribution in [0.2, 0.25) is 0 Å². The minimum absolute atomic E-state index is 0.00266. The van der Waals surface area contributed by atoms with Crippen molar-refractivity contribution in [2.45, 2.75) is 32.2 Å². The normalized spacial score (nSPS) is 20.2. The zero-order chi connectivity index (χ0) is 18.6. The number of piperidine rings is 1. The summed E-state index contributed by atoms with van der Waals surface area (Å²) in [7, 11) is 0. The van der Waals surface area contributed by atoms with Crippen LogP contribution in [0, 0.1) is 5.92 Å². The lowest BCUT2D eigenvalue weighted by Gasteiger charge is -2.41. The van der Waals surface area contributed by atoms with Crippen molar-refractivity contribution >= 4 is 23.2 Å². The molecule has 1 aromatic rings. The molecule has 0 aliphatic carbocycles. The predicted molar refractivity (Wildman–Crippen MR) is 102 cm³/mol. The van der Waals surface area contributed by atoms with Crippen molar-refractivity contribution < 1.29 is 14.3 Å². The van der Waals surface area contributed by atoms with Crippen molar-refractivity contribution in [3.05, 3.63) is 22.4 Å². The lowest BCUT2D eigenvalue weighted by Crippen LogP contribution is -2.56. The van der Waals surface area contributed by atoms with Gasteiger partial charge >= 0.3 is 0 Å². The molecular formula is C19H29N3O3S. The van der Waals surface area contributed by atoms with Crippen molar-refractivity contribution in [1.29, 1.82) is 0 Å². The maximum absolute atomic E-state index is 12.6. The highest BCUT2D eigenvalue weighted by Crippen LogP contribution is 2.21. The molecule has 2 amide bonds. The minimum atomic E-state index is -0.0741. The number of ether oxygens (including phenoxy) is 1. The lowest BCUT2D eigenvalue weighted by atomic mass is 9.95. The number of amides is 2. The average Bonchev–Trinajstić information content (AvgIpc) is 3.21. The Bertz CT molecular complexity index is 604. The molecule has 0 bridgehead atoms. The summed E-state index contributed by atoms with van der Waals surface area (Å²) in [4.78, 5) is 30.0. The van der Waals surface area contributed by atoms with E-state index < -0.39 is 0 Å². The second-order valence-corrected chi connectivity index (χ2v) is 8.62. The van der Waals surface area contributed by atoms with Crippen LogP contribution in [-0.4, -0.2) is 73.1 Å². The third kappa shape index (κ3) is 4.64. The van der Waals surface area contributed by atoms with Gasteiger partial charge in [0, 0.05) is 44.2 Å². The van der Waals surface area contributed by atoms with E-state index in [1.54, 1.807) is 0 Å². The van der Waals surface area contributed by atoms with E-state index in [0.717, 1.165) is 44.0 Å². The quantitative estimate of drug-likeness (QED) is 0.848. The molecule has 144 valence electrons. The summed E-state index contributed by atoms with van der Waals surface area (Å²) in [5.74, 6) is 0.213. The first-order valence-corrected chi connectivity index (χ1v) is 10.3. The molecule has 0 radical (unpaired) electrons. The molecule has 0 aromatic carbocycles. The van der Waals surface area contributed by atoms with Crippen LogP contribution < -0.4 is 5.32 Å². The second kappa shape index (κ2) is 8.50. The summed E-state index contributed by atoms with van der Waals surface area (Å²) in [6.45, 7) is 9.62. The van der Waals surface area contributed by atoms with Gasteiger partial charge in [0.15, 0.2) is 0 Å². The highest BCUT2D eigenvalue weighted by molar-refractivity contribution is 7.12. The monoisotopic (exact) mass is 379 g/mol. The molecule has 3 heterocycles. The minimum Gasteiger partial charge on any atom is -0.379 e. The number of carbonyl (C=O) groups excluding carboxylic acids is 2. The molecule has 0 spiro atoms. The Morgan fingerprint density at radius 2 is 1.92 bits per heavy atom. The third-order valence-corrected chi connectivity index (χ3v) is 6.31. The van der Waals surface area contributed by atoms with Gasteiger partial charge in [0.05, 0.1) is 18.1 Å². The molecule has 0 atom stereocenters. The Labute approximate surface area is 159 Å². The van der Waals surface area contributed by atoms with Crippen LogP contribution in [-0.2, 0) is 9.53 Å². The van der Waals surface area contributed by atoms with Crippen molar-refractivity contribution in [3.8, 4) is 0 Å². The number of morpholine rings is 1. The average molecular weight is 380 g/mol.